The number of fused-ring (bicyclic) bond motifs is 1. The minimum absolute atomic E-state index is 0.0742. The summed E-state index contributed by atoms with van der Waals surface area (Å²) >= 11 is 0. The van der Waals surface area contributed by atoms with Crippen molar-refractivity contribution >= 4 is 16.7 Å². The number of aromatic nitrogens is 2. The first kappa shape index (κ1) is 13.7. The zero-order chi connectivity index (χ0) is 14.4. The van der Waals surface area contributed by atoms with E-state index in [1.165, 1.54) is 0 Å². The zero-order valence-corrected chi connectivity index (χ0v) is 12.4. The molecule has 1 heterocycles. The molecule has 0 spiro atoms. The van der Waals surface area contributed by atoms with Crippen molar-refractivity contribution in [2.75, 3.05) is 5.73 Å². The first-order valence-corrected chi connectivity index (χ1v) is 6.61. The fourth-order valence-corrected chi connectivity index (χ4v) is 3.11. The average Bonchev–Trinajstić information content (AvgIpc) is 2.49. The Bertz CT molecular complexity index is 656. The van der Waals surface area contributed by atoms with Crippen molar-refractivity contribution in [1.82, 2.24) is 9.55 Å². The number of hydrogen-bond acceptors (Lipinski definition) is 2. The third-order valence-electron chi connectivity index (χ3n) is 3.27. The number of imidazole rings is 1. The van der Waals surface area contributed by atoms with Gasteiger partial charge in [0.2, 0.25) is 0 Å². The standard InChI is InChI=1S/C15H23N3O/c1-14(2,3)9-15(4,5)18-12-7-6-10(16)8-11(12)17-13(18)19/h6-8H,9,16H2,1-5H3,(H,17,19). The van der Waals surface area contributed by atoms with Crippen molar-refractivity contribution < 1.29 is 0 Å². The first-order valence-electron chi connectivity index (χ1n) is 6.61. The molecule has 2 aromatic rings. The van der Waals surface area contributed by atoms with E-state index in [9.17, 15) is 4.79 Å². The lowest BCUT2D eigenvalue weighted by molar-refractivity contribution is 0.215. The van der Waals surface area contributed by atoms with Crippen LogP contribution in [0.3, 0.4) is 0 Å². The number of aromatic amines is 1. The van der Waals surface area contributed by atoms with Crippen LogP contribution in [0.4, 0.5) is 5.69 Å². The van der Waals surface area contributed by atoms with Crippen LogP contribution in [-0.4, -0.2) is 9.55 Å². The SMILES string of the molecule is CC(C)(C)CC(C)(C)n1c(=O)[nH]c2cc(N)ccc21. The van der Waals surface area contributed by atoms with E-state index in [1.54, 1.807) is 6.07 Å². The van der Waals surface area contributed by atoms with Crippen LogP contribution in [0.1, 0.15) is 41.0 Å². The van der Waals surface area contributed by atoms with Crippen LogP contribution in [0.5, 0.6) is 0 Å². The van der Waals surface area contributed by atoms with Gasteiger partial charge < -0.3 is 10.7 Å². The number of H-pyrrole nitrogens is 1. The Morgan fingerprint density at radius 3 is 2.42 bits per heavy atom. The van der Waals surface area contributed by atoms with E-state index in [0.717, 1.165) is 17.5 Å². The molecular weight excluding hydrogens is 238 g/mol. The number of nitrogen functional groups attached to an aromatic ring is 1. The molecule has 4 nitrogen and oxygen atoms in total. The molecule has 104 valence electrons. The quantitative estimate of drug-likeness (QED) is 0.816. The molecule has 0 unspecified atom stereocenters. The monoisotopic (exact) mass is 261 g/mol. The normalized spacial score (nSPS) is 13.1. The van der Waals surface area contributed by atoms with Gasteiger partial charge in [0.1, 0.15) is 0 Å². The van der Waals surface area contributed by atoms with Gasteiger partial charge in [0, 0.05) is 11.2 Å². The molecule has 0 bridgehead atoms. The van der Waals surface area contributed by atoms with Gasteiger partial charge in [0.15, 0.2) is 0 Å². The van der Waals surface area contributed by atoms with E-state index >= 15 is 0 Å². The lowest BCUT2D eigenvalue weighted by Crippen LogP contribution is -2.37. The molecular formula is C15H23N3O. The number of nitrogens with two attached hydrogens (primary N) is 1. The van der Waals surface area contributed by atoms with E-state index in [0.29, 0.717) is 5.69 Å². The maximum Gasteiger partial charge on any atom is 0.326 e. The van der Waals surface area contributed by atoms with Gasteiger partial charge in [-0.3, -0.25) is 4.57 Å². The van der Waals surface area contributed by atoms with Crippen molar-refractivity contribution in [3.05, 3.63) is 28.7 Å². The number of nitrogens with one attached hydrogen (secondary N) is 1. The molecule has 4 heteroatoms. The van der Waals surface area contributed by atoms with Gasteiger partial charge in [-0.05, 0) is 43.9 Å². The van der Waals surface area contributed by atoms with Crippen LogP contribution in [0.2, 0.25) is 0 Å². The molecule has 1 aromatic heterocycles. The van der Waals surface area contributed by atoms with E-state index in [4.69, 9.17) is 5.73 Å². The Kier molecular flexibility index (Phi) is 3.00. The largest absolute Gasteiger partial charge is 0.399 e. The molecule has 0 saturated heterocycles. The number of benzene rings is 1. The molecule has 3 N–H and O–H groups in total. The molecule has 1 aromatic carbocycles. The average molecular weight is 261 g/mol. The van der Waals surface area contributed by atoms with Gasteiger partial charge in [0.25, 0.3) is 0 Å². The van der Waals surface area contributed by atoms with Gasteiger partial charge >= 0.3 is 5.69 Å². The van der Waals surface area contributed by atoms with Crippen LogP contribution in [0.25, 0.3) is 11.0 Å². The second kappa shape index (κ2) is 4.15. The zero-order valence-electron chi connectivity index (χ0n) is 12.4. The summed E-state index contributed by atoms with van der Waals surface area (Å²) in [5.74, 6) is 0. The molecule has 0 aliphatic carbocycles. The molecule has 2 rings (SSSR count). The summed E-state index contributed by atoms with van der Waals surface area (Å²) in [6.45, 7) is 10.8. The highest BCUT2D eigenvalue weighted by Gasteiger charge is 2.30. The number of nitrogens with zero attached hydrogens (tertiary/aromatic N) is 1. The molecule has 0 aliphatic heterocycles. The summed E-state index contributed by atoms with van der Waals surface area (Å²) < 4.78 is 1.84. The summed E-state index contributed by atoms with van der Waals surface area (Å²) in [4.78, 5) is 15.1. The van der Waals surface area contributed by atoms with E-state index in [-0.39, 0.29) is 16.6 Å². The minimum atomic E-state index is -0.246. The van der Waals surface area contributed by atoms with Crippen LogP contribution in [0.15, 0.2) is 23.0 Å². The molecule has 0 amide bonds. The molecule has 0 radical (unpaired) electrons. The fraction of sp³-hybridized carbons (Fsp3) is 0.533. The van der Waals surface area contributed by atoms with Gasteiger partial charge in [-0.25, -0.2) is 4.79 Å². The Balaban J connectivity index is 2.62. The minimum Gasteiger partial charge on any atom is -0.399 e. The second-order valence-corrected chi connectivity index (χ2v) is 7.09. The first-order chi connectivity index (χ1) is 8.60. The van der Waals surface area contributed by atoms with Crippen molar-refractivity contribution in [1.29, 1.82) is 0 Å². The highest BCUT2D eigenvalue weighted by atomic mass is 16.1. The van der Waals surface area contributed by atoms with E-state index < -0.39 is 0 Å². The summed E-state index contributed by atoms with van der Waals surface area (Å²) in [6.07, 6.45) is 0.914. The van der Waals surface area contributed by atoms with Gasteiger partial charge in [-0.2, -0.15) is 0 Å². The lowest BCUT2D eigenvalue weighted by Gasteiger charge is -2.33. The Labute approximate surface area is 113 Å². The fourth-order valence-electron chi connectivity index (χ4n) is 3.11. The number of rotatable bonds is 2. The number of hydrogen-bond donors (Lipinski definition) is 2. The van der Waals surface area contributed by atoms with Crippen LogP contribution >= 0.6 is 0 Å². The summed E-state index contributed by atoms with van der Waals surface area (Å²) in [5, 5.41) is 0. The molecule has 0 fully saturated rings. The van der Waals surface area contributed by atoms with Crippen molar-refractivity contribution in [2.45, 2.75) is 46.6 Å². The molecule has 19 heavy (non-hydrogen) atoms. The van der Waals surface area contributed by atoms with Gasteiger partial charge in [-0.15, -0.1) is 0 Å². The molecule has 0 atom stereocenters. The molecule has 0 aliphatic rings. The predicted octanol–water partition coefficient (Wildman–Crippen LogP) is 3.08. The molecule has 0 saturated carbocycles. The highest BCUT2D eigenvalue weighted by molar-refractivity contribution is 5.79. The topological polar surface area (TPSA) is 63.8 Å². The Morgan fingerprint density at radius 2 is 1.84 bits per heavy atom. The highest BCUT2D eigenvalue weighted by Crippen LogP contribution is 2.33. The van der Waals surface area contributed by atoms with Crippen LogP contribution in [-0.2, 0) is 5.54 Å². The summed E-state index contributed by atoms with van der Waals surface area (Å²) in [5.41, 5.74) is 7.97. The second-order valence-electron chi connectivity index (χ2n) is 7.09. The summed E-state index contributed by atoms with van der Waals surface area (Å²) in [7, 11) is 0. The van der Waals surface area contributed by atoms with Crippen molar-refractivity contribution in [3.63, 3.8) is 0 Å². The maximum absolute atomic E-state index is 12.2. The van der Waals surface area contributed by atoms with Crippen LogP contribution < -0.4 is 11.4 Å². The third kappa shape index (κ3) is 2.67. The van der Waals surface area contributed by atoms with E-state index in [1.807, 2.05) is 16.7 Å². The lowest BCUT2D eigenvalue weighted by atomic mass is 9.81. The summed E-state index contributed by atoms with van der Waals surface area (Å²) in [6, 6.07) is 5.55. The van der Waals surface area contributed by atoms with Crippen molar-refractivity contribution in [3.8, 4) is 0 Å². The van der Waals surface area contributed by atoms with Gasteiger partial charge in [0.05, 0.1) is 11.0 Å². The Morgan fingerprint density at radius 1 is 1.21 bits per heavy atom. The Hall–Kier alpha value is -1.71. The van der Waals surface area contributed by atoms with Crippen LogP contribution in [0, 0.1) is 5.41 Å². The predicted molar refractivity (Wildman–Crippen MR) is 80.4 cm³/mol. The van der Waals surface area contributed by atoms with Gasteiger partial charge in [-0.1, -0.05) is 20.8 Å². The smallest absolute Gasteiger partial charge is 0.326 e. The third-order valence-corrected chi connectivity index (χ3v) is 3.27. The number of anilines is 1. The van der Waals surface area contributed by atoms with Crippen molar-refractivity contribution in [2.24, 2.45) is 5.41 Å². The maximum atomic E-state index is 12.2. The van der Waals surface area contributed by atoms with E-state index in [2.05, 4.69) is 39.6 Å².